The highest BCUT2D eigenvalue weighted by atomic mass is 16.5. The van der Waals surface area contributed by atoms with Gasteiger partial charge < -0.3 is 20.5 Å². The van der Waals surface area contributed by atoms with E-state index in [0.29, 0.717) is 18.8 Å². The number of rotatable bonds is 11. The topological polar surface area (TPSA) is 105 Å². The van der Waals surface area contributed by atoms with Crippen molar-refractivity contribution in [1.82, 2.24) is 10.6 Å². The molecule has 4 rings (SSSR count). The van der Waals surface area contributed by atoms with Crippen molar-refractivity contribution >= 4 is 18.0 Å². The second kappa shape index (κ2) is 10.9. The fourth-order valence-electron chi connectivity index (χ4n) is 4.76. The van der Waals surface area contributed by atoms with E-state index in [4.69, 9.17) is 4.74 Å². The van der Waals surface area contributed by atoms with E-state index in [2.05, 4.69) is 22.8 Å². The average molecular weight is 479 g/mol. The van der Waals surface area contributed by atoms with Crippen molar-refractivity contribution in [2.45, 2.75) is 64.0 Å². The molecule has 2 amide bonds. The molecule has 3 unspecified atom stereocenters. The lowest BCUT2D eigenvalue weighted by molar-refractivity contribution is -0.142. The minimum atomic E-state index is -1.05. The first-order valence-electron chi connectivity index (χ1n) is 12.5. The Hall–Kier alpha value is -3.35. The number of amides is 2. The van der Waals surface area contributed by atoms with Crippen LogP contribution in [0.5, 0.6) is 0 Å². The first kappa shape index (κ1) is 24.8. The molecule has 2 aliphatic carbocycles. The van der Waals surface area contributed by atoms with E-state index >= 15 is 0 Å². The number of nitrogens with one attached hydrogen (secondary N) is 2. The highest BCUT2D eigenvalue weighted by molar-refractivity contribution is 5.89. The van der Waals surface area contributed by atoms with Crippen LogP contribution in [-0.4, -0.2) is 41.8 Å². The lowest BCUT2D eigenvalue weighted by Gasteiger charge is -2.24. The standard InChI is InChI=1S/C28H34N2O5/c1-3-17(2)14-24(26(31)29-25(27(32)33)15-18-12-13-18)30-28(34)35-16-23-21-10-6-4-8-19(21)20-9-5-7-11-22(20)23/h4-11,17-18,23-25H,3,12-16H2,1-2H3,(H,29,31)(H,30,34)(H,32,33). The van der Waals surface area contributed by atoms with Gasteiger partial charge in [-0.3, -0.25) is 4.79 Å². The number of ether oxygens (including phenoxy) is 1. The van der Waals surface area contributed by atoms with Crippen LogP contribution in [0.3, 0.4) is 0 Å². The number of alkyl carbamates (subject to hydrolysis) is 1. The fourth-order valence-corrected chi connectivity index (χ4v) is 4.76. The molecule has 1 saturated carbocycles. The van der Waals surface area contributed by atoms with Crippen molar-refractivity contribution < 1.29 is 24.2 Å². The zero-order valence-corrected chi connectivity index (χ0v) is 20.3. The molecular weight excluding hydrogens is 444 g/mol. The van der Waals surface area contributed by atoms with Gasteiger partial charge in [0.25, 0.3) is 0 Å². The summed E-state index contributed by atoms with van der Waals surface area (Å²) in [5, 5.41) is 14.9. The normalized spacial score (nSPS) is 17.0. The second-order valence-electron chi connectivity index (χ2n) is 9.85. The number of hydrogen-bond acceptors (Lipinski definition) is 4. The third kappa shape index (κ3) is 6.02. The molecule has 7 nitrogen and oxygen atoms in total. The molecule has 186 valence electrons. The Morgan fingerprint density at radius 3 is 2.11 bits per heavy atom. The van der Waals surface area contributed by atoms with Crippen LogP contribution in [0.2, 0.25) is 0 Å². The van der Waals surface area contributed by atoms with E-state index < -0.39 is 30.1 Å². The summed E-state index contributed by atoms with van der Waals surface area (Å²) >= 11 is 0. The summed E-state index contributed by atoms with van der Waals surface area (Å²) in [5.41, 5.74) is 4.50. The van der Waals surface area contributed by atoms with Crippen LogP contribution in [-0.2, 0) is 14.3 Å². The molecule has 2 aromatic carbocycles. The maximum atomic E-state index is 13.0. The van der Waals surface area contributed by atoms with Crippen LogP contribution in [0.15, 0.2) is 48.5 Å². The maximum absolute atomic E-state index is 13.0. The van der Waals surface area contributed by atoms with Crippen LogP contribution in [0, 0.1) is 11.8 Å². The van der Waals surface area contributed by atoms with E-state index in [1.807, 2.05) is 50.2 Å². The lowest BCUT2D eigenvalue weighted by Crippen LogP contribution is -2.52. The number of hydrogen-bond donors (Lipinski definition) is 3. The molecule has 0 aromatic heterocycles. The van der Waals surface area contributed by atoms with Gasteiger partial charge >= 0.3 is 12.1 Å². The summed E-state index contributed by atoms with van der Waals surface area (Å²) in [7, 11) is 0. The smallest absolute Gasteiger partial charge is 0.407 e. The first-order chi connectivity index (χ1) is 16.9. The minimum Gasteiger partial charge on any atom is -0.480 e. The first-order valence-corrected chi connectivity index (χ1v) is 12.5. The van der Waals surface area contributed by atoms with Crippen molar-refractivity contribution in [2.75, 3.05) is 6.61 Å². The van der Waals surface area contributed by atoms with E-state index in [0.717, 1.165) is 41.5 Å². The van der Waals surface area contributed by atoms with Crippen LogP contribution >= 0.6 is 0 Å². The Labute approximate surface area is 206 Å². The molecular formula is C28H34N2O5. The molecule has 0 saturated heterocycles. The number of carboxylic acid groups (broad SMARTS) is 1. The molecule has 0 aliphatic heterocycles. The molecule has 3 N–H and O–H groups in total. The quantitative estimate of drug-likeness (QED) is 0.434. The summed E-state index contributed by atoms with van der Waals surface area (Å²) in [6.45, 7) is 4.16. The highest BCUT2D eigenvalue weighted by Crippen LogP contribution is 2.44. The largest absolute Gasteiger partial charge is 0.480 e. The van der Waals surface area contributed by atoms with E-state index in [9.17, 15) is 19.5 Å². The summed E-state index contributed by atoms with van der Waals surface area (Å²) in [6, 6.07) is 14.4. The Balaban J connectivity index is 1.41. The van der Waals surface area contributed by atoms with Gasteiger partial charge in [0.15, 0.2) is 0 Å². The molecule has 2 aromatic rings. The van der Waals surface area contributed by atoms with Gasteiger partial charge in [-0.25, -0.2) is 9.59 Å². The minimum absolute atomic E-state index is 0.0788. The Bertz CT molecular complexity index is 1040. The van der Waals surface area contributed by atoms with Crippen LogP contribution in [0.4, 0.5) is 4.79 Å². The molecule has 0 bridgehead atoms. The molecule has 2 aliphatic rings. The van der Waals surface area contributed by atoms with Crippen molar-refractivity contribution in [3.63, 3.8) is 0 Å². The molecule has 1 fully saturated rings. The molecule has 0 heterocycles. The van der Waals surface area contributed by atoms with Crippen molar-refractivity contribution in [2.24, 2.45) is 11.8 Å². The summed E-state index contributed by atoms with van der Waals surface area (Å²) < 4.78 is 5.62. The van der Waals surface area contributed by atoms with Gasteiger partial charge in [0.05, 0.1) is 0 Å². The number of aliphatic carboxylic acids is 1. The van der Waals surface area contributed by atoms with Gasteiger partial charge in [0.1, 0.15) is 18.7 Å². The van der Waals surface area contributed by atoms with E-state index in [1.165, 1.54) is 0 Å². The lowest BCUT2D eigenvalue weighted by atomic mass is 9.98. The molecule has 0 radical (unpaired) electrons. The van der Waals surface area contributed by atoms with Crippen LogP contribution in [0.25, 0.3) is 11.1 Å². The predicted molar refractivity (Wildman–Crippen MR) is 133 cm³/mol. The van der Waals surface area contributed by atoms with E-state index in [-0.39, 0.29) is 18.4 Å². The molecule has 7 heteroatoms. The Kier molecular flexibility index (Phi) is 7.73. The molecule has 35 heavy (non-hydrogen) atoms. The van der Waals surface area contributed by atoms with Gasteiger partial charge in [-0.1, -0.05) is 81.6 Å². The van der Waals surface area contributed by atoms with Gasteiger partial charge in [0, 0.05) is 5.92 Å². The zero-order valence-electron chi connectivity index (χ0n) is 20.3. The number of fused-ring (bicyclic) bond motifs is 3. The molecule has 0 spiro atoms. The predicted octanol–water partition coefficient (Wildman–Crippen LogP) is 4.70. The average Bonchev–Trinajstić information content (AvgIpc) is 3.62. The Morgan fingerprint density at radius 2 is 1.57 bits per heavy atom. The fraction of sp³-hybridized carbons (Fsp3) is 0.464. The number of benzene rings is 2. The summed E-state index contributed by atoms with van der Waals surface area (Å²) in [4.78, 5) is 37.4. The van der Waals surface area contributed by atoms with Gasteiger partial charge in [-0.2, -0.15) is 0 Å². The van der Waals surface area contributed by atoms with Crippen molar-refractivity contribution in [3.8, 4) is 11.1 Å². The SMILES string of the molecule is CCC(C)CC(NC(=O)OCC1c2ccccc2-c2ccccc21)C(=O)NC(CC1CC1)C(=O)O. The third-order valence-corrected chi connectivity index (χ3v) is 7.17. The van der Waals surface area contributed by atoms with Gasteiger partial charge in [-0.05, 0) is 46.9 Å². The van der Waals surface area contributed by atoms with Crippen LogP contribution < -0.4 is 10.6 Å². The zero-order chi connectivity index (χ0) is 24.9. The number of carboxylic acids is 1. The summed E-state index contributed by atoms with van der Waals surface area (Å²) in [6.07, 6.45) is 2.97. The number of carbonyl (C=O) groups excluding carboxylic acids is 2. The van der Waals surface area contributed by atoms with Gasteiger partial charge in [0.2, 0.25) is 5.91 Å². The highest BCUT2D eigenvalue weighted by Gasteiger charge is 2.33. The maximum Gasteiger partial charge on any atom is 0.407 e. The van der Waals surface area contributed by atoms with Gasteiger partial charge in [-0.15, -0.1) is 0 Å². The molecule has 3 atom stereocenters. The summed E-state index contributed by atoms with van der Waals surface area (Å²) in [5.74, 6) is -1.09. The third-order valence-electron chi connectivity index (χ3n) is 7.17. The van der Waals surface area contributed by atoms with Crippen molar-refractivity contribution in [3.05, 3.63) is 59.7 Å². The second-order valence-corrected chi connectivity index (χ2v) is 9.85. The van der Waals surface area contributed by atoms with Crippen LogP contribution in [0.1, 0.15) is 63.0 Å². The Morgan fingerprint density at radius 1 is 0.971 bits per heavy atom. The van der Waals surface area contributed by atoms with Crippen molar-refractivity contribution in [1.29, 1.82) is 0 Å². The monoisotopic (exact) mass is 478 g/mol. The van der Waals surface area contributed by atoms with E-state index in [1.54, 1.807) is 0 Å². The number of carbonyl (C=O) groups is 3.